The fourth-order valence-corrected chi connectivity index (χ4v) is 4.21. The van der Waals surface area contributed by atoms with Gasteiger partial charge in [0.2, 0.25) is 0 Å². The second-order valence-electron chi connectivity index (χ2n) is 7.31. The maximum atomic E-state index is 13.4. The molecule has 0 aromatic heterocycles. The van der Waals surface area contributed by atoms with Crippen LogP contribution in [0.5, 0.6) is 0 Å². The topological polar surface area (TPSA) is 52.7 Å². The molecule has 2 aromatic carbocycles. The summed E-state index contributed by atoms with van der Waals surface area (Å²) in [5.41, 5.74) is 2.31. The van der Waals surface area contributed by atoms with Gasteiger partial charge in [0.15, 0.2) is 0 Å². The number of hydrogen-bond acceptors (Lipinski definition) is 3. The highest BCUT2D eigenvalue weighted by Crippen LogP contribution is 2.35. The lowest BCUT2D eigenvalue weighted by atomic mass is 10.0. The van der Waals surface area contributed by atoms with Crippen molar-refractivity contribution in [2.45, 2.75) is 38.8 Å². The lowest BCUT2D eigenvalue weighted by Gasteiger charge is -2.44. The third-order valence-corrected chi connectivity index (χ3v) is 5.56. The quantitative estimate of drug-likeness (QED) is 0.864. The predicted molar refractivity (Wildman–Crippen MR) is 107 cm³/mol. The van der Waals surface area contributed by atoms with Crippen molar-refractivity contribution in [2.24, 2.45) is 0 Å². The van der Waals surface area contributed by atoms with Crippen molar-refractivity contribution in [3.8, 4) is 0 Å². The summed E-state index contributed by atoms with van der Waals surface area (Å²) in [6.45, 7) is 3.61. The first-order chi connectivity index (χ1) is 13.6. The zero-order chi connectivity index (χ0) is 19.7. The number of hydrogen-bond donors (Lipinski definition) is 1. The summed E-state index contributed by atoms with van der Waals surface area (Å²) in [7, 11) is 0. The van der Waals surface area contributed by atoms with Gasteiger partial charge in [-0.1, -0.05) is 12.5 Å². The third-order valence-electron chi connectivity index (χ3n) is 5.56. The highest BCUT2D eigenvalue weighted by atomic mass is 19.1. The number of nitrogens with one attached hydrogen (secondary N) is 1. The molecule has 1 atom stereocenters. The van der Waals surface area contributed by atoms with E-state index in [-0.39, 0.29) is 18.0 Å². The molecule has 2 heterocycles. The van der Waals surface area contributed by atoms with Gasteiger partial charge in [0.05, 0.1) is 11.3 Å². The van der Waals surface area contributed by atoms with Gasteiger partial charge in [-0.3, -0.25) is 9.59 Å². The lowest BCUT2D eigenvalue weighted by molar-refractivity contribution is 0.0656. The van der Waals surface area contributed by atoms with Crippen molar-refractivity contribution in [1.82, 2.24) is 4.90 Å². The van der Waals surface area contributed by atoms with Crippen molar-refractivity contribution >= 4 is 23.2 Å². The first-order valence-corrected chi connectivity index (χ1v) is 9.87. The Labute approximate surface area is 164 Å². The number of rotatable bonds is 3. The molecular weight excluding hydrogens is 357 g/mol. The van der Waals surface area contributed by atoms with E-state index in [2.05, 4.69) is 17.1 Å². The normalized spacial score (nSPS) is 18.9. The van der Waals surface area contributed by atoms with Crippen LogP contribution in [-0.2, 0) is 0 Å². The molecule has 1 fully saturated rings. The molecule has 2 aliphatic rings. The Morgan fingerprint density at radius 1 is 1.18 bits per heavy atom. The average Bonchev–Trinajstić information content (AvgIpc) is 2.94. The van der Waals surface area contributed by atoms with Crippen LogP contribution in [0, 0.1) is 5.82 Å². The number of carbonyl (C=O) groups excluding carboxylic acids is 2. The van der Waals surface area contributed by atoms with Gasteiger partial charge in [-0.2, -0.15) is 0 Å². The van der Waals surface area contributed by atoms with E-state index in [1.54, 1.807) is 30.3 Å². The average molecular weight is 381 g/mol. The van der Waals surface area contributed by atoms with Gasteiger partial charge in [-0.25, -0.2) is 4.39 Å². The number of amides is 2. The second-order valence-corrected chi connectivity index (χ2v) is 7.31. The van der Waals surface area contributed by atoms with Crippen molar-refractivity contribution in [3.63, 3.8) is 0 Å². The van der Waals surface area contributed by atoms with Crippen molar-refractivity contribution in [3.05, 3.63) is 59.4 Å². The van der Waals surface area contributed by atoms with Crippen LogP contribution in [0.3, 0.4) is 0 Å². The van der Waals surface area contributed by atoms with E-state index in [1.807, 2.05) is 4.90 Å². The molecule has 0 aliphatic carbocycles. The first-order valence-electron chi connectivity index (χ1n) is 9.87. The summed E-state index contributed by atoms with van der Waals surface area (Å²) in [5.74, 6) is -0.677. The monoisotopic (exact) mass is 381 g/mol. The Bertz CT molecular complexity index is 914. The van der Waals surface area contributed by atoms with E-state index in [0.717, 1.165) is 44.5 Å². The molecular formula is C22H24FN3O2. The number of benzene rings is 2. The van der Waals surface area contributed by atoms with Gasteiger partial charge < -0.3 is 15.1 Å². The molecule has 6 heteroatoms. The molecule has 5 nitrogen and oxygen atoms in total. The van der Waals surface area contributed by atoms with Crippen molar-refractivity contribution in [1.29, 1.82) is 0 Å². The fraction of sp³-hybridized carbons (Fsp3) is 0.364. The highest BCUT2D eigenvalue weighted by Gasteiger charge is 2.37. The van der Waals surface area contributed by atoms with E-state index in [4.69, 9.17) is 0 Å². The Hall–Kier alpha value is -2.89. The third kappa shape index (κ3) is 3.35. The Morgan fingerprint density at radius 3 is 2.82 bits per heavy atom. The fourth-order valence-electron chi connectivity index (χ4n) is 4.21. The number of halogens is 1. The second kappa shape index (κ2) is 7.62. The van der Waals surface area contributed by atoms with E-state index in [9.17, 15) is 14.0 Å². The molecule has 0 bridgehead atoms. The smallest absolute Gasteiger partial charge is 0.257 e. The molecule has 0 radical (unpaired) electrons. The Balaban J connectivity index is 1.66. The van der Waals surface area contributed by atoms with Crippen LogP contribution >= 0.6 is 0 Å². The summed E-state index contributed by atoms with van der Waals surface area (Å²) < 4.78 is 13.4. The molecule has 0 spiro atoms. The van der Waals surface area contributed by atoms with Crippen molar-refractivity contribution < 1.29 is 14.0 Å². The number of carbonyl (C=O) groups is 2. The van der Waals surface area contributed by atoms with Gasteiger partial charge in [0.1, 0.15) is 12.0 Å². The number of fused-ring (bicyclic) bond motifs is 2. The lowest BCUT2D eigenvalue weighted by Crippen LogP contribution is -2.55. The molecule has 0 unspecified atom stereocenters. The molecule has 1 N–H and O–H groups in total. The van der Waals surface area contributed by atoms with E-state index >= 15 is 0 Å². The summed E-state index contributed by atoms with van der Waals surface area (Å²) in [4.78, 5) is 29.9. The SMILES string of the molecule is CCN1c2cc(C(=O)Nc3cccc(F)c3)ccc2C(=O)N2CCCCC[C@@H]21. The largest absolute Gasteiger partial charge is 0.351 e. The molecule has 2 amide bonds. The van der Waals surface area contributed by atoms with Gasteiger partial charge >= 0.3 is 0 Å². The molecule has 28 heavy (non-hydrogen) atoms. The predicted octanol–water partition coefficient (Wildman–Crippen LogP) is 4.26. The zero-order valence-electron chi connectivity index (χ0n) is 16.0. The minimum absolute atomic E-state index is 0.0451. The zero-order valence-corrected chi connectivity index (χ0v) is 16.0. The number of nitrogens with zero attached hydrogens (tertiary/aromatic N) is 2. The molecule has 4 rings (SSSR count). The standard InChI is InChI=1S/C22H24FN3O2/c1-2-25-19-13-15(21(27)24-17-8-6-7-16(23)14-17)10-11-18(19)22(28)26-12-5-3-4-9-20(25)26/h6-8,10-11,13-14,20H,2-5,9,12H2,1H3,(H,24,27)/t20-/m1/s1. The van der Waals surface area contributed by atoms with Crippen LogP contribution in [0.4, 0.5) is 15.8 Å². The first kappa shape index (κ1) is 18.5. The van der Waals surface area contributed by atoms with E-state index in [0.29, 0.717) is 16.8 Å². The molecule has 1 saturated heterocycles. The highest BCUT2D eigenvalue weighted by molar-refractivity contribution is 6.08. The van der Waals surface area contributed by atoms with Crippen LogP contribution in [0.25, 0.3) is 0 Å². The minimum atomic E-state index is -0.403. The van der Waals surface area contributed by atoms with Crippen LogP contribution in [0.15, 0.2) is 42.5 Å². The Kier molecular flexibility index (Phi) is 5.03. The van der Waals surface area contributed by atoms with Crippen LogP contribution < -0.4 is 10.2 Å². The molecule has 2 aliphatic heterocycles. The van der Waals surface area contributed by atoms with Gasteiger partial charge in [0.25, 0.3) is 11.8 Å². The summed E-state index contributed by atoms with van der Waals surface area (Å²) in [6, 6.07) is 11.0. The maximum Gasteiger partial charge on any atom is 0.257 e. The van der Waals surface area contributed by atoms with Crippen LogP contribution in [-0.4, -0.2) is 36.0 Å². The molecule has 0 saturated carbocycles. The van der Waals surface area contributed by atoms with Gasteiger partial charge in [-0.15, -0.1) is 0 Å². The van der Waals surface area contributed by atoms with E-state index in [1.165, 1.54) is 12.1 Å². The van der Waals surface area contributed by atoms with E-state index < -0.39 is 5.82 Å². The van der Waals surface area contributed by atoms with Gasteiger partial charge in [-0.05, 0) is 62.6 Å². The van der Waals surface area contributed by atoms with Gasteiger partial charge in [0, 0.05) is 24.3 Å². The van der Waals surface area contributed by atoms with Crippen molar-refractivity contribution in [2.75, 3.05) is 23.3 Å². The summed E-state index contributed by atoms with van der Waals surface area (Å²) in [6.07, 6.45) is 4.26. The minimum Gasteiger partial charge on any atom is -0.351 e. The summed E-state index contributed by atoms with van der Waals surface area (Å²) >= 11 is 0. The van der Waals surface area contributed by atoms with Crippen LogP contribution in [0.1, 0.15) is 53.3 Å². The maximum absolute atomic E-state index is 13.4. The number of anilines is 2. The molecule has 146 valence electrons. The molecule has 2 aromatic rings. The van der Waals surface area contributed by atoms with Crippen LogP contribution in [0.2, 0.25) is 0 Å². The summed E-state index contributed by atoms with van der Waals surface area (Å²) in [5, 5.41) is 2.72. The Morgan fingerprint density at radius 2 is 2.04 bits per heavy atom.